The molecular formula is C22H31FN6O2. The number of hydrogen-bond acceptors (Lipinski definition) is 6. The summed E-state index contributed by atoms with van der Waals surface area (Å²) in [6.45, 7) is 10.9. The molecule has 4 N–H and O–H groups in total. The highest BCUT2D eigenvalue weighted by Crippen LogP contribution is 2.30. The summed E-state index contributed by atoms with van der Waals surface area (Å²) >= 11 is 0. The van der Waals surface area contributed by atoms with E-state index in [1.807, 2.05) is 40.7 Å². The van der Waals surface area contributed by atoms with Crippen LogP contribution in [0.2, 0.25) is 0 Å². The van der Waals surface area contributed by atoms with Crippen molar-refractivity contribution in [2.45, 2.75) is 60.4 Å². The number of carbonyl (C=O) groups excluding carboxylic acids is 1. The van der Waals surface area contributed by atoms with Gasteiger partial charge in [-0.15, -0.1) is 0 Å². The van der Waals surface area contributed by atoms with Gasteiger partial charge < -0.3 is 20.8 Å². The molecule has 3 aromatic rings. The maximum atomic E-state index is 13.7. The number of nitrogen functional groups attached to an aromatic ring is 1. The van der Waals surface area contributed by atoms with E-state index >= 15 is 0 Å². The van der Waals surface area contributed by atoms with Gasteiger partial charge in [0.05, 0.1) is 6.61 Å². The van der Waals surface area contributed by atoms with Crippen molar-refractivity contribution >= 4 is 22.9 Å². The quantitative estimate of drug-likeness (QED) is 0.599. The number of carbonyl (C=O) groups is 1. The number of nitrogens with two attached hydrogens (primary N) is 2. The molecule has 1 aliphatic heterocycles. The fourth-order valence-corrected chi connectivity index (χ4v) is 3.38. The molecule has 0 aliphatic carbocycles. The van der Waals surface area contributed by atoms with Crippen molar-refractivity contribution in [3.63, 3.8) is 0 Å². The zero-order valence-electron chi connectivity index (χ0n) is 18.8. The van der Waals surface area contributed by atoms with Crippen LogP contribution in [0.15, 0.2) is 12.1 Å². The Balaban J connectivity index is 0.000000807. The van der Waals surface area contributed by atoms with Crippen LogP contribution in [0.5, 0.6) is 5.75 Å². The fourth-order valence-electron chi connectivity index (χ4n) is 3.38. The molecule has 0 saturated carbocycles. The normalized spacial score (nSPS) is 11.7. The number of benzene rings is 1. The monoisotopic (exact) mass is 430 g/mol. The van der Waals surface area contributed by atoms with Crippen LogP contribution in [0.1, 0.15) is 56.6 Å². The second-order valence-electron chi connectivity index (χ2n) is 6.61. The second-order valence-corrected chi connectivity index (χ2v) is 6.61. The number of ether oxygens (including phenoxy) is 1. The third kappa shape index (κ3) is 5.28. The summed E-state index contributed by atoms with van der Waals surface area (Å²) in [7, 11) is 0. The van der Waals surface area contributed by atoms with Crippen molar-refractivity contribution in [2.75, 3.05) is 12.3 Å². The summed E-state index contributed by atoms with van der Waals surface area (Å²) in [5, 5.41) is 0. The lowest BCUT2D eigenvalue weighted by Gasteiger charge is -2.11. The summed E-state index contributed by atoms with van der Waals surface area (Å²) in [6, 6.07) is 4.12. The number of aromatic nitrogens is 4. The summed E-state index contributed by atoms with van der Waals surface area (Å²) < 4.78 is 21.0. The van der Waals surface area contributed by atoms with Crippen LogP contribution in [0, 0.1) is 13.0 Å². The smallest absolute Gasteiger partial charge is 0.312 e. The molecule has 31 heavy (non-hydrogen) atoms. The molecule has 0 atom stereocenters. The van der Waals surface area contributed by atoms with Gasteiger partial charge in [-0.25, -0.2) is 4.98 Å². The SMILES string of the molecule is CC.CC.Cc1cc2c(cc1Cc1nc3c(N)nc(F)nc3n1CCC(N)=O)OCC2. The van der Waals surface area contributed by atoms with Crippen molar-refractivity contribution < 1.29 is 13.9 Å². The van der Waals surface area contributed by atoms with Crippen LogP contribution in [-0.4, -0.2) is 32.0 Å². The average Bonchev–Trinajstić information content (AvgIpc) is 3.34. The summed E-state index contributed by atoms with van der Waals surface area (Å²) in [4.78, 5) is 23.1. The van der Waals surface area contributed by atoms with E-state index in [0.717, 1.165) is 23.3 Å². The molecule has 1 aromatic carbocycles. The molecule has 1 aliphatic rings. The molecule has 1 amide bonds. The van der Waals surface area contributed by atoms with Crippen LogP contribution in [-0.2, 0) is 24.2 Å². The molecule has 2 aromatic heterocycles. The number of anilines is 1. The summed E-state index contributed by atoms with van der Waals surface area (Å²) in [6.07, 6.45) is 0.502. The lowest BCUT2D eigenvalue weighted by Crippen LogP contribution is -2.16. The van der Waals surface area contributed by atoms with Gasteiger partial charge in [-0.1, -0.05) is 33.8 Å². The van der Waals surface area contributed by atoms with E-state index in [0.29, 0.717) is 24.4 Å². The lowest BCUT2D eigenvalue weighted by atomic mass is 10.0. The van der Waals surface area contributed by atoms with E-state index in [2.05, 4.69) is 21.0 Å². The minimum atomic E-state index is -0.936. The van der Waals surface area contributed by atoms with E-state index in [-0.39, 0.29) is 24.4 Å². The third-order valence-corrected chi connectivity index (χ3v) is 4.75. The van der Waals surface area contributed by atoms with Gasteiger partial charge in [0.25, 0.3) is 0 Å². The second kappa shape index (κ2) is 10.7. The Morgan fingerprint density at radius 2 is 1.90 bits per heavy atom. The molecule has 9 heteroatoms. The van der Waals surface area contributed by atoms with E-state index in [1.165, 1.54) is 5.56 Å². The molecule has 0 radical (unpaired) electrons. The maximum absolute atomic E-state index is 13.7. The third-order valence-electron chi connectivity index (χ3n) is 4.75. The molecule has 0 unspecified atom stereocenters. The minimum absolute atomic E-state index is 0.0365. The van der Waals surface area contributed by atoms with Gasteiger partial charge in [0.15, 0.2) is 17.0 Å². The van der Waals surface area contributed by atoms with Crippen molar-refractivity contribution in [1.82, 2.24) is 19.5 Å². The van der Waals surface area contributed by atoms with Gasteiger partial charge in [-0.05, 0) is 29.7 Å². The van der Waals surface area contributed by atoms with E-state index in [1.54, 1.807) is 4.57 Å². The first-order valence-corrected chi connectivity index (χ1v) is 10.6. The Morgan fingerprint density at radius 1 is 1.19 bits per heavy atom. The average molecular weight is 431 g/mol. The predicted molar refractivity (Wildman–Crippen MR) is 119 cm³/mol. The number of nitrogens with zero attached hydrogens (tertiary/aromatic N) is 4. The van der Waals surface area contributed by atoms with Crippen LogP contribution in [0.25, 0.3) is 11.2 Å². The standard InChI is InChI=1S/C18H19FN6O2.2C2H6/c1-9-6-10-3-5-27-12(10)7-11(9)8-14-22-15-16(21)23-18(19)24-17(15)25(14)4-2-13(20)26;2*1-2/h6-7H,2-5,8H2,1H3,(H2,20,26)(H2,21,23,24);2*1-2H3. The van der Waals surface area contributed by atoms with E-state index < -0.39 is 12.0 Å². The largest absolute Gasteiger partial charge is 0.493 e. The van der Waals surface area contributed by atoms with E-state index in [9.17, 15) is 9.18 Å². The number of aryl methyl sites for hydroxylation is 2. The van der Waals surface area contributed by atoms with Gasteiger partial charge in [0, 0.05) is 25.8 Å². The van der Waals surface area contributed by atoms with E-state index in [4.69, 9.17) is 16.2 Å². The van der Waals surface area contributed by atoms with Gasteiger partial charge in [0.1, 0.15) is 11.6 Å². The summed E-state index contributed by atoms with van der Waals surface area (Å²) in [5.41, 5.74) is 15.0. The topological polar surface area (TPSA) is 122 Å². The maximum Gasteiger partial charge on any atom is 0.312 e. The number of hydrogen-bond donors (Lipinski definition) is 2. The van der Waals surface area contributed by atoms with Crippen molar-refractivity contribution in [2.24, 2.45) is 5.73 Å². The Morgan fingerprint density at radius 3 is 2.58 bits per heavy atom. The molecule has 168 valence electrons. The highest BCUT2D eigenvalue weighted by molar-refractivity contribution is 5.82. The number of halogens is 1. The minimum Gasteiger partial charge on any atom is -0.493 e. The fraction of sp³-hybridized carbons (Fsp3) is 0.455. The van der Waals surface area contributed by atoms with Crippen molar-refractivity contribution in [3.05, 3.63) is 40.7 Å². The zero-order chi connectivity index (χ0) is 23.1. The highest BCUT2D eigenvalue weighted by atomic mass is 19.1. The molecule has 0 spiro atoms. The first kappa shape index (κ1) is 24.0. The van der Waals surface area contributed by atoms with Crippen molar-refractivity contribution in [3.8, 4) is 5.75 Å². The lowest BCUT2D eigenvalue weighted by molar-refractivity contribution is -0.118. The highest BCUT2D eigenvalue weighted by Gasteiger charge is 2.20. The van der Waals surface area contributed by atoms with Gasteiger partial charge in [-0.2, -0.15) is 14.4 Å². The molecule has 0 bridgehead atoms. The number of primary amides is 1. The van der Waals surface area contributed by atoms with Gasteiger partial charge >= 0.3 is 6.08 Å². The first-order valence-electron chi connectivity index (χ1n) is 10.6. The first-order chi connectivity index (χ1) is 14.9. The molecule has 8 nitrogen and oxygen atoms in total. The van der Waals surface area contributed by atoms with Crippen LogP contribution < -0.4 is 16.2 Å². The Bertz CT molecular complexity index is 1060. The number of fused-ring (bicyclic) bond motifs is 2. The van der Waals surface area contributed by atoms with Crippen LogP contribution >= 0.6 is 0 Å². The summed E-state index contributed by atoms with van der Waals surface area (Å²) in [5.74, 6) is 0.984. The van der Waals surface area contributed by atoms with Gasteiger partial charge in [-0.3, -0.25) is 4.79 Å². The number of rotatable bonds is 5. The molecule has 0 fully saturated rings. The van der Waals surface area contributed by atoms with Crippen molar-refractivity contribution in [1.29, 1.82) is 0 Å². The molecular weight excluding hydrogens is 399 g/mol. The number of amides is 1. The Kier molecular flexibility index (Phi) is 8.30. The van der Waals surface area contributed by atoms with Crippen LogP contribution in [0.3, 0.4) is 0 Å². The molecule has 0 saturated heterocycles. The Hall–Kier alpha value is -3.23. The molecule has 3 heterocycles. The van der Waals surface area contributed by atoms with Crippen LogP contribution in [0.4, 0.5) is 10.2 Å². The predicted octanol–water partition coefficient (Wildman–Crippen LogP) is 3.31. The number of imidazole rings is 1. The van der Waals surface area contributed by atoms with Gasteiger partial charge in [0.2, 0.25) is 5.91 Å². The zero-order valence-corrected chi connectivity index (χ0v) is 18.8. The Labute approximate surface area is 181 Å². The molecule has 4 rings (SSSR count).